The highest BCUT2D eigenvalue weighted by Gasteiger charge is 2.15. The summed E-state index contributed by atoms with van der Waals surface area (Å²) in [4.78, 5) is 27.2. The second-order valence-electron chi connectivity index (χ2n) is 5.53. The van der Waals surface area contributed by atoms with Gasteiger partial charge < -0.3 is 19.0 Å². The van der Waals surface area contributed by atoms with Gasteiger partial charge >= 0.3 is 11.9 Å². The van der Waals surface area contributed by atoms with Crippen LogP contribution in [0.4, 0.5) is 0 Å². The lowest BCUT2D eigenvalue weighted by Crippen LogP contribution is -2.14. The molecule has 144 valence electrons. The molecule has 0 fully saturated rings. The van der Waals surface area contributed by atoms with Crippen LogP contribution in [0.15, 0.2) is 63.1 Å². The standard InChI is InChI=1S/C20H17NO6S/c1-2-25-18(22)12-26-14-9-7-13(8-10-14)11-17(19(23)24)28-20-21-15-5-3-4-6-16(15)27-20/h3-11H,2,12H2,1H3,(H,23,24)/b17-11-. The summed E-state index contributed by atoms with van der Waals surface area (Å²) in [5, 5.41) is 9.74. The van der Waals surface area contributed by atoms with E-state index in [9.17, 15) is 14.7 Å². The first-order valence-corrected chi connectivity index (χ1v) is 9.23. The van der Waals surface area contributed by atoms with Gasteiger partial charge in [0.05, 0.1) is 6.61 Å². The molecule has 0 aliphatic rings. The van der Waals surface area contributed by atoms with Gasteiger partial charge in [0.25, 0.3) is 5.22 Å². The Bertz CT molecular complexity index is 976. The van der Waals surface area contributed by atoms with Crippen LogP contribution >= 0.6 is 11.8 Å². The number of ether oxygens (including phenoxy) is 2. The quantitative estimate of drug-likeness (QED) is 0.345. The number of aliphatic carboxylic acids is 1. The third-order valence-corrected chi connectivity index (χ3v) is 4.38. The van der Waals surface area contributed by atoms with Crippen LogP contribution in [0.5, 0.6) is 5.75 Å². The van der Waals surface area contributed by atoms with E-state index in [-0.39, 0.29) is 16.7 Å². The van der Waals surface area contributed by atoms with Crippen LogP contribution in [0.3, 0.4) is 0 Å². The fourth-order valence-electron chi connectivity index (χ4n) is 2.28. The van der Waals surface area contributed by atoms with Crippen LogP contribution < -0.4 is 4.74 Å². The number of fused-ring (bicyclic) bond motifs is 1. The number of benzene rings is 2. The summed E-state index contributed by atoms with van der Waals surface area (Å²) < 4.78 is 15.7. The lowest BCUT2D eigenvalue weighted by atomic mass is 10.2. The summed E-state index contributed by atoms with van der Waals surface area (Å²) >= 11 is 0.933. The van der Waals surface area contributed by atoms with Crippen LogP contribution in [0, 0.1) is 0 Å². The van der Waals surface area contributed by atoms with Crippen molar-refractivity contribution in [2.75, 3.05) is 13.2 Å². The first-order chi connectivity index (χ1) is 13.5. The van der Waals surface area contributed by atoms with Crippen molar-refractivity contribution in [1.29, 1.82) is 0 Å². The number of carboxylic acid groups (broad SMARTS) is 1. The molecule has 0 aliphatic carbocycles. The smallest absolute Gasteiger partial charge is 0.344 e. The molecule has 0 saturated carbocycles. The van der Waals surface area contributed by atoms with E-state index in [2.05, 4.69) is 4.98 Å². The molecule has 7 nitrogen and oxygen atoms in total. The molecule has 0 atom stereocenters. The number of rotatable bonds is 8. The van der Waals surface area contributed by atoms with Crippen LogP contribution in [-0.4, -0.2) is 35.2 Å². The molecule has 3 rings (SSSR count). The second kappa shape index (κ2) is 9.09. The summed E-state index contributed by atoms with van der Waals surface area (Å²) in [6, 6.07) is 13.9. The summed E-state index contributed by atoms with van der Waals surface area (Å²) in [5.74, 6) is -1.06. The van der Waals surface area contributed by atoms with Crippen molar-refractivity contribution in [2.24, 2.45) is 0 Å². The molecule has 3 aromatic rings. The number of esters is 1. The van der Waals surface area contributed by atoms with Crippen molar-refractivity contribution in [1.82, 2.24) is 4.98 Å². The molecular weight excluding hydrogens is 382 g/mol. The van der Waals surface area contributed by atoms with Crippen molar-refractivity contribution >= 4 is 40.9 Å². The van der Waals surface area contributed by atoms with Gasteiger partial charge in [0.1, 0.15) is 16.2 Å². The van der Waals surface area contributed by atoms with Crippen molar-refractivity contribution in [2.45, 2.75) is 12.1 Å². The Balaban J connectivity index is 1.71. The molecule has 0 spiro atoms. The maximum absolute atomic E-state index is 11.6. The molecule has 0 saturated heterocycles. The third-order valence-electron chi connectivity index (χ3n) is 3.52. The minimum absolute atomic E-state index is 0.0618. The number of nitrogens with zero attached hydrogens (tertiary/aromatic N) is 1. The number of carbonyl (C=O) groups is 2. The zero-order valence-corrected chi connectivity index (χ0v) is 15.8. The summed E-state index contributed by atoms with van der Waals surface area (Å²) in [7, 11) is 0. The van der Waals surface area contributed by atoms with Gasteiger partial charge in [0.2, 0.25) is 0 Å². The zero-order chi connectivity index (χ0) is 19.9. The van der Waals surface area contributed by atoms with Crippen LogP contribution in [-0.2, 0) is 14.3 Å². The zero-order valence-electron chi connectivity index (χ0n) is 15.0. The number of aromatic nitrogens is 1. The molecule has 0 unspecified atom stereocenters. The minimum atomic E-state index is -1.09. The summed E-state index contributed by atoms with van der Waals surface area (Å²) in [6.07, 6.45) is 1.51. The van der Waals surface area contributed by atoms with Gasteiger partial charge in [-0.1, -0.05) is 24.3 Å². The first-order valence-electron chi connectivity index (χ1n) is 8.42. The Morgan fingerprint density at radius 2 is 1.93 bits per heavy atom. The molecule has 0 bridgehead atoms. The number of hydrogen-bond donors (Lipinski definition) is 1. The van der Waals surface area contributed by atoms with Crippen LogP contribution in [0.25, 0.3) is 17.2 Å². The van der Waals surface area contributed by atoms with E-state index in [4.69, 9.17) is 13.9 Å². The summed E-state index contributed by atoms with van der Waals surface area (Å²) in [5.41, 5.74) is 1.92. The molecule has 0 radical (unpaired) electrons. The Morgan fingerprint density at radius 1 is 1.18 bits per heavy atom. The topological polar surface area (TPSA) is 98.9 Å². The Hall–Kier alpha value is -3.26. The van der Waals surface area contributed by atoms with Gasteiger partial charge in [-0.15, -0.1) is 0 Å². The van der Waals surface area contributed by atoms with Crippen molar-refractivity contribution in [3.8, 4) is 5.75 Å². The molecule has 8 heteroatoms. The highest BCUT2D eigenvalue weighted by atomic mass is 32.2. The minimum Gasteiger partial charge on any atom is -0.482 e. The maximum atomic E-state index is 11.6. The number of carbonyl (C=O) groups excluding carboxylic acids is 1. The summed E-state index contributed by atoms with van der Waals surface area (Å²) in [6.45, 7) is 1.83. The number of thioether (sulfide) groups is 1. The van der Waals surface area contributed by atoms with E-state index in [0.717, 1.165) is 11.8 Å². The van der Waals surface area contributed by atoms with E-state index in [1.807, 2.05) is 12.1 Å². The van der Waals surface area contributed by atoms with E-state index < -0.39 is 11.9 Å². The Morgan fingerprint density at radius 3 is 2.61 bits per heavy atom. The average Bonchev–Trinajstić information content (AvgIpc) is 3.09. The second-order valence-corrected chi connectivity index (χ2v) is 6.52. The monoisotopic (exact) mass is 399 g/mol. The van der Waals surface area contributed by atoms with Crippen molar-refractivity contribution in [3.63, 3.8) is 0 Å². The molecule has 1 heterocycles. The maximum Gasteiger partial charge on any atom is 0.344 e. The fourth-order valence-corrected chi connectivity index (χ4v) is 3.03. The lowest BCUT2D eigenvalue weighted by Gasteiger charge is -2.06. The average molecular weight is 399 g/mol. The lowest BCUT2D eigenvalue weighted by molar-refractivity contribution is -0.145. The number of oxazole rings is 1. The van der Waals surface area contributed by atoms with E-state index in [1.54, 1.807) is 43.3 Å². The van der Waals surface area contributed by atoms with Gasteiger partial charge in [0, 0.05) is 0 Å². The Kier molecular flexibility index (Phi) is 6.33. The van der Waals surface area contributed by atoms with Crippen LogP contribution in [0.1, 0.15) is 12.5 Å². The highest BCUT2D eigenvalue weighted by Crippen LogP contribution is 2.30. The van der Waals surface area contributed by atoms with Gasteiger partial charge in [-0.25, -0.2) is 14.6 Å². The number of para-hydroxylation sites is 2. The number of hydrogen-bond acceptors (Lipinski definition) is 7. The molecule has 2 aromatic carbocycles. The Labute approximate surface area is 165 Å². The normalized spacial score (nSPS) is 11.4. The fraction of sp³-hybridized carbons (Fsp3) is 0.150. The van der Waals surface area contributed by atoms with Gasteiger partial charge in [-0.2, -0.15) is 0 Å². The highest BCUT2D eigenvalue weighted by molar-refractivity contribution is 8.03. The SMILES string of the molecule is CCOC(=O)COc1ccc(/C=C(\Sc2nc3ccccc3o2)C(=O)O)cc1. The van der Waals surface area contributed by atoms with E-state index >= 15 is 0 Å². The molecule has 28 heavy (non-hydrogen) atoms. The third kappa shape index (κ3) is 5.14. The van der Waals surface area contributed by atoms with E-state index in [0.29, 0.717) is 29.0 Å². The van der Waals surface area contributed by atoms with Gasteiger partial charge in [-0.3, -0.25) is 0 Å². The van der Waals surface area contributed by atoms with Gasteiger partial charge in [0.15, 0.2) is 12.2 Å². The molecule has 0 aliphatic heterocycles. The molecular formula is C20H17NO6S. The first kappa shape index (κ1) is 19.5. The molecule has 1 aromatic heterocycles. The molecule has 0 amide bonds. The van der Waals surface area contributed by atoms with E-state index in [1.165, 1.54) is 6.08 Å². The number of carboxylic acids is 1. The van der Waals surface area contributed by atoms with Crippen LogP contribution in [0.2, 0.25) is 0 Å². The van der Waals surface area contributed by atoms with Crippen molar-refractivity contribution in [3.05, 3.63) is 59.0 Å². The molecule has 1 N–H and O–H groups in total. The largest absolute Gasteiger partial charge is 0.482 e. The van der Waals surface area contributed by atoms with Gasteiger partial charge in [-0.05, 0) is 54.6 Å². The van der Waals surface area contributed by atoms with Crippen molar-refractivity contribution < 1.29 is 28.6 Å². The predicted octanol–water partition coefficient (Wildman–Crippen LogP) is 3.99. The predicted molar refractivity (Wildman–Crippen MR) is 104 cm³/mol.